The second-order valence-corrected chi connectivity index (χ2v) is 12.0. The summed E-state index contributed by atoms with van der Waals surface area (Å²) < 4.78 is 0. The second-order valence-electron chi connectivity index (χ2n) is 10.9. The molecule has 0 bridgehead atoms. The third-order valence-corrected chi connectivity index (χ3v) is 9.31. The molecule has 0 aliphatic rings. The molecule has 4 nitrogen and oxygen atoms in total. The van der Waals surface area contributed by atoms with Gasteiger partial charge < -0.3 is 0 Å². The van der Waals surface area contributed by atoms with Gasteiger partial charge in [0.25, 0.3) is 0 Å². The number of aryl methyl sites for hydroxylation is 2. The Morgan fingerprint density at radius 2 is 0.956 bits per heavy atom. The molecule has 45 heavy (non-hydrogen) atoms. The highest BCUT2D eigenvalue weighted by atomic mass is 32.2. The third kappa shape index (κ3) is 5.90. The number of aliphatic imine (C=N–C) groups is 2. The third-order valence-electron chi connectivity index (χ3n) is 8.16. The highest BCUT2D eigenvalue weighted by Gasteiger charge is 2.17. The van der Waals surface area contributed by atoms with Crippen LogP contribution < -0.4 is 0 Å². The molecule has 0 N–H and O–H groups in total. The molecule has 0 aliphatic heterocycles. The normalized spacial score (nSPS) is 10.9. The van der Waals surface area contributed by atoms with E-state index >= 15 is 0 Å². The number of benzene rings is 6. The van der Waals surface area contributed by atoms with Crippen molar-refractivity contribution in [2.24, 2.45) is 9.98 Å². The molecule has 0 radical (unpaired) electrons. The van der Waals surface area contributed by atoms with Crippen molar-refractivity contribution >= 4 is 56.8 Å². The molecule has 0 fully saturated rings. The monoisotopic (exact) mass is 604 g/mol. The first-order valence-corrected chi connectivity index (χ1v) is 16.1. The van der Waals surface area contributed by atoms with E-state index in [1.165, 1.54) is 11.1 Å². The van der Waals surface area contributed by atoms with E-state index in [-0.39, 0.29) is 0 Å². The number of isocyanates is 2. The maximum atomic E-state index is 11.3. The van der Waals surface area contributed by atoms with E-state index < -0.39 is 0 Å². The van der Waals surface area contributed by atoms with Crippen molar-refractivity contribution < 1.29 is 9.59 Å². The SMILES string of the molecule is CCCc1cccc2c(-c3ccccc3Sc3ccccc3-c3ccc(N=C=O)c4c(CCC)cccc34)ccc(N=C=O)c12. The largest absolute Gasteiger partial charge is 0.240 e. The first-order valence-electron chi connectivity index (χ1n) is 15.3. The predicted octanol–water partition coefficient (Wildman–Crippen LogP) is 11.3. The number of fused-ring (bicyclic) bond motifs is 2. The summed E-state index contributed by atoms with van der Waals surface area (Å²) in [5.74, 6) is 0. The lowest BCUT2D eigenvalue weighted by Crippen LogP contribution is -1.92. The standard InChI is InChI=1S/C40H32N2O2S/c1-3-11-27-13-9-17-33-29(21-23-35(39(27)33)41-25-43)31-15-5-7-19-37(31)45-38-20-8-6-16-32(38)30-22-24-36(42-26-44)40-28(12-4-2)14-10-18-34(30)40/h5-10,13-24H,3-4,11-12H2,1-2H3. The Kier molecular flexibility index (Phi) is 9.14. The fourth-order valence-electron chi connectivity index (χ4n) is 6.31. The Balaban J connectivity index is 1.51. The van der Waals surface area contributed by atoms with Crippen LogP contribution >= 0.6 is 11.8 Å². The van der Waals surface area contributed by atoms with Gasteiger partial charge in [-0.2, -0.15) is 9.98 Å². The summed E-state index contributed by atoms with van der Waals surface area (Å²) in [6.45, 7) is 4.32. The summed E-state index contributed by atoms with van der Waals surface area (Å²) in [5.41, 5.74) is 8.08. The molecular weight excluding hydrogens is 573 g/mol. The summed E-state index contributed by atoms with van der Waals surface area (Å²) in [5, 5.41) is 4.15. The van der Waals surface area contributed by atoms with E-state index in [2.05, 4.69) is 121 Å². The van der Waals surface area contributed by atoms with Crippen LogP contribution in [0, 0.1) is 0 Å². The highest BCUT2D eigenvalue weighted by Crippen LogP contribution is 2.46. The Hall–Kier alpha value is -5.05. The zero-order chi connectivity index (χ0) is 31.2. The number of hydrogen-bond acceptors (Lipinski definition) is 5. The molecule has 0 aromatic heterocycles. The summed E-state index contributed by atoms with van der Waals surface area (Å²) in [4.78, 5) is 33.0. The van der Waals surface area contributed by atoms with Crippen molar-refractivity contribution in [3.05, 3.63) is 120 Å². The van der Waals surface area contributed by atoms with Crippen molar-refractivity contribution in [1.82, 2.24) is 0 Å². The molecule has 0 amide bonds. The van der Waals surface area contributed by atoms with Crippen LogP contribution in [-0.4, -0.2) is 12.2 Å². The molecule has 6 aromatic carbocycles. The lowest BCUT2D eigenvalue weighted by atomic mass is 9.93. The van der Waals surface area contributed by atoms with Crippen LogP contribution in [0.2, 0.25) is 0 Å². The van der Waals surface area contributed by atoms with Crippen molar-refractivity contribution in [3.8, 4) is 22.3 Å². The smallest absolute Gasteiger partial charge is 0.211 e. The van der Waals surface area contributed by atoms with Gasteiger partial charge in [-0.05, 0) is 81.3 Å². The molecule has 6 aromatic rings. The topological polar surface area (TPSA) is 58.9 Å². The second kappa shape index (κ2) is 13.7. The first kappa shape index (κ1) is 30.0. The van der Waals surface area contributed by atoms with Crippen LogP contribution in [0.4, 0.5) is 11.4 Å². The summed E-state index contributed by atoms with van der Waals surface area (Å²) in [6.07, 6.45) is 7.29. The minimum atomic E-state index is 0.653. The van der Waals surface area contributed by atoms with Gasteiger partial charge in [0.2, 0.25) is 12.2 Å². The number of nitrogens with zero attached hydrogens (tertiary/aromatic N) is 2. The van der Waals surface area contributed by atoms with E-state index in [0.29, 0.717) is 11.4 Å². The van der Waals surface area contributed by atoms with Crippen LogP contribution in [0.3, 0.4) is 0 Å². The molecule has 6 rings (SSSR count). The summed E-state index contributed by atoms with van der Waals surface area (Å²) in [7, 11) is 0. The fourth-order valence-corrected chi connectivity index (χ4v) is 7.42. The molecular formula is C40H32N2O2S. The van der Waals surface area contributed by atoms with Gasteiger partial charge >= 0.3 is 0 Å². The Labute approximate surface area is 267 Å². The van der Waals surface area contributed by atoms with Gasteiger partial charge in [-0.25, -0.2) is 9.59 Å². The molecule has 0 heterocycles. The van der Waals surface area contributed by atoms with Crippen LogP contribution in [0.5, 0.6) is 0 Å². The van der Waals surface area contributed by atoms with E-state index in [1.807, 2.05) is 12.1 Å². The van der Waals surface area contributed by atoms with E-state index in [0.717, 1.165) is 79.3 Å². The van der Waals surface area contributed by atoms with Crippen LogP contribution in [0.15, 0.2) is 129 Å². The van der Waals surface area contributed by atoms with E-state index in [1.54, 1.807) is 23.9 Å². The minimum absolute atomic E-state index is 0.653. The van der Waals surface area contributed by atoms with Gasteiger partial charge in [0.1, 0.15) is 0 Å². The van der Waals surface area contributed by atoms with Gasteiger partial charge in [0, 0.05) is 20.6 Å². The van der Waals surface area contributed by atoms with Crippen molar-refractivity contribution in [2.75, 3.05) is 0 Å². The van der Waals surface area contributed by atoms with E-state index in [9.17, 15) is 9.59 Å². The number of rotatable bonds is 10. The highest BCUT2D eigenvalue weighted by molar-refractivity contribution is 7.99. The lowest BCUT2D eigenvalue weighted by Gasteiger charge is -2.17. The molecule has 0 aliphatic carbocycles. The van der Waals surface area contributed by atoms with Gasteiger partial charge in [-0.3, -0.25) is 0 Å². The molecule has 0 spiro atoms. The number of hydrogen-bond donors (Lipinski definition) is 0. The average molecular weight is 605 g/mol. The van der Waals surface area contributed by atoms with E-state index in [4.69, 9.17) is 0 Å². The molecule has 0 unspecified atom stereocenters. The maximum absolute atomic E-state index is 11.3. The maximum Gasteiger partial charge on any atom is 0.240 e. The Morgan fingerprint density at radius 1 is 0.511 bits per heavy atom. The summed E-state index contributed by atoms with van der Waals surface area (Å²) >= 11 is 1.73. The Bertz CT molecular complexity index is 1990. The van der Waals surface area contributed by atoms with Crippen molar-refractivity contribution in [1.29, 1.82) is 0 Å². The van der Waals surface area contributed by atoms with Gasteiger partial charge in [-0.15, -0.1) is 0 Å². The van der Waals surface area contributed by atoms with Gasteiger partial charge in [0.15, 0.2) is 0 Å². The van der Waals surface area contributed by atoms with Crippen molar-refractivity contribution in [2.45, 2.75) is 49.3 Å². The zero-order valence-electron chi connectivity index (χ0n) is 25.3. The minimum Gasteiger partial charge on any atom is -0.211 e. The lowest BCUT2D eigenvalue weighted by molar-refractivity contribution is 0.564. The molecule has 0 atom stereocenters. The molecule has 220 valence electrons. The summed E-state index contributed by atoms with van der Waals surface area (Å²) in [6, 6.07) is 37.6. The van der Waals surface area contributed by atoms with Crippen LogP contribution in [0.1, 0.15) is 37.8 Å². The van der Waals surface area contributed by atoms with Gasteiger partial charge in [0.05, 0.1) is 11.4 Å². The van der Waals surface area contributed by atoms with Crippen LogP contribution in [-0.2, 0) is 22.4 Å². The number of carbonyl (C=O) groups excluding carboxylic acids is 2. The average Bonchev–Trinajstić information content (AvgIpc) is 3.06. The van der Waals surface area contributed by atoms with Crippen molar-refractivity contribution in [3.63, 3.8) is 0 Å². The predicted molar refractivity (Wildman–Crippen MR) is 186 cm³/mol. The Morgan fingerprint density at radius 3 is 1.38 bits per heavy atom. The first-order chi connectivity index (χ1) is 22.2. The van der Waals surface area contributed by atoms with Gasteiger partial charge in [-0.1, -0.05) is 123 Å². The quantitative estimate of drug-likeness (QED) is 0.115. The molecule has 5 heteroatoms. The fraction of sp³-hybridized carbons (Fsp3) is 0.150. The van der Waals surface area contributed by atoms with Crippen LogP contribution in [0.25, 0.3) is 43.8 Å². The molecule has 0 saturated carbocycles. The zero-order valence-corrected chi connectivity index (χ0v) is 26.2. The molecule has 0 saturated heterocycles.